The molecule has 1 aliphatic rings. The van der Waals surface area contributed by atoms with Gasteiger partial charge in [-0.3, -0.25) is 14.2 Å². The van der Waals surface area contributed by atoms with Gasteiger partial charge in [-0.1, -0.05) is 42.1 Å². The molecule has 0 radical (unpaired) electrons. The van der Waals surface area contributed by atoms with Crippen LogP contribution in [0.4, 0.5) is 0 Å². The number of thiophene rings is 1. The van der Waals surface area contributed by atoms with E-state index in [1.54, 1.807) is 49.4 Å². The lowest BCUT2D eigenvalue weighted by molar-refractivity contribution is -0.130. The van der Waals surface area contributed by atoms with Crippen molar-refractivity contribution in [3.8, 4) is 22.9 Å². The standard InChI is InChI=1S/C32H30N6O6S2/c1-41-24-11-5-4-10-22(24)37-28(18-33-31(40)26-13-7-15-44-26)34-35-32(37)46-19-29(39)38-23(17-21(36-38)27-14-8-16-45-27)20-9-6-12-25(42-2)30(20)43-3/h4-16,23H,17-19H2,1-3H3,(H,33,40)/t23-/m0/s1. The van der Waals surface area contributed by atoms with Gasteiger partial charge >= 0.3 is 0 Å². The molecule has 1 N–H and O–H groups in total. The number of amides is 2. The van der Waals surface area contributed by atoms with Crippen molar-refractivity contribution in [1.29, 1.82) is 0 Å². The normalized spacial score (nSPS) is 14.2. The number of thioether (sulfide) groups is 1. The molecular weight excluding hydrogens is 629 g/mol. The molecule has 4 heterocycles. The zero-order valence-electron chi connectivity index (χ0n) is 25.2. The van der Waals surface area contributed by atoms with E-state index in [0.717, 1.165) is 16.2 Å². The number of nitrogens with zero attached hydrogens (tertiary/aromatic N) is 5. The molecule has 0 saturated heterocycles. The second-order valence-corrected chi connectivity index (χ2v) is 11.8. The highest BCUT2D eigenvalue weighted by Crippen LogP contribution is 2.42. The summed E-state index contributed by atoms with van der Waals surface area (Å²) < 4.78 is 23.9. The topological polar surface area (TPSA) is 133 Å². The minimum absolute atomic E-state index is 0.00996. The number of carbonyl (C=O) groups is 2. The Morgan fingerprint density at radius 1 is 0.978 bits per heavy atom. The Labute approximate surface area is 273 Å². The van der Waals surface area contributed by atoms with E-state index in [-0.39, 0.29) is 24.0 Å². The summed E-state index contributed by atoms with van der Waals surface area (Å²) >= 11 is 2.78. The second kappa shape index (κ2) is 13.9. The van der Waals surface area contributed by atoms with Crippen molar-refractivity contribution in [3.63, 3.8) is 0 Å². The van der Waals surface area contributed by atoms with Crippen molar-refractivity contribution in [3.05, 3.63) is 100 Å². The Balaban J connectivity index is 1.29. The lowest BCUT2D eigenvalue weighted by Crippen LogP contribution is -2.29. The van der Waals surface area contributed by atoms with Gasteiger partial charge in [0.15, 0.2) is 28.2 Å². The van der Waals surface area contributed by atoms with Crippen LogP contribution < -0.4 is 19.5 Å². The van der Waals surface area contributed by atoms with Crippen LogP contribution in [-0.4, -0.2) is 64.4 Å². The van der Waals surface area contributed by atoms with E-state index >= 15 is 0 Å². The molecule has 1 aliphatic heterocycles. The van der Waals surface area contributed by atoms with Crippen LogP contribution >= 0.6 is 23.1 Å². The molecule has 0 spiro atoms. The number of hydrogen-bond acceptors (Lipinski definition) is 11. The van der Waals surface area contributed by atoms with Gasteiger partial charge < -0.3 is 23.9 Å². The first-order valence-electron chi connectivity index (χ1n) is 14.2. The Hall–Kier alpha value is -5.08. The van der Waals surface area contributed by atoms with E-state index in [1.165, 1.54) is 23.0 Å². The predicted octanol–water partition coefficient (Wildman–Crippen LogP) is 5.35. The lowest BCUT2D eigenvalue weighted by Gasteiger charge is -2.24. The molecular formula is C32H30N6O6S2. The number of hydrogen-bond donors (Lipinski definition) is 1. The van der Waals surface area contributed by atoms with E-state index in [2.05, 4.69) is 15.5 Å². The van der Waals surface area contributed by atoms with Crippen molar-refractivity contribution in [1.82, 2.24) is 25.1 Å². The average molecular weight is 659 g/mol. The number of benzene rings is 2. The first-order valence-corrected chi connectivity index (χ1v) is 16.0. The number of ether oxygens (including phenoxy) is 3. The molecule has 12 nitrogen and oxygen atoms in total. The third-order valence-corrected chi connectivity index (χ3v) is 9.10. The molecule has 0 aliphatic carbocycles. The Morgan fingerprint density at radius 3 is 2.54 bits per heavy atom. The fraction of sp³-hybridized carbons (Fsp3) is 0.219. The number of nitrogens with one attached hydrogen (secondary N) is 1. The van der Waals surface area contributed by atoms with E-state index in [4.69, 9.17) is 23.7 Å². The van der Waals surface area contributed by atoms with Gasteiger partial charge in [0, 0.05) is 12.0 Å². The molecule has 0 fully saturated rings. The Kier molecular flexibility index (Phi) is 9.36. The van der Waals surface area contributed by atoms with Crippen LogP contribution in [0.1, 0.15) is 39.3 Å². The fourth-order valence-electron chi connectivity index (χ4n) is 5.16. The smallest absolute Gasteiger partial charge is 0.287 e. The second-order valence-electron chi connectivity index (χ2n) is 9.92. The minimum Gasteiger partial charge on any atom is -0.495 e. The van der Waals surface area contributed by atoms with Crippen molar-refractivity contribution >= 4 is 40.6 Å². The highest BCUT2D eigenvalue weighted by atomic mass is 32.2. The van der Waals surface area contributed by atoms with Crippen LogP contribution in [-0.2, 0) is 11.3 Å². The molecule has 3 aromatic heterocycles. The minimum atomic E-state index is -0.408. The SMILES string of the molecule is COc1ccccc1-n1c(CNC(=O)c2ccco2)nnc1SCC(=O)N1N=C(c2cccs2)C[C@H]1c1cccc(OC)c1OC. The summed E-state index contributed by atoms with van der Waals surface area (Å²) in [5, 5.41) is 20.3. The summed E-state index contributed by atoms with van der Waals surface area (Å²) in [4.78, 5) is 27.6. The number of hydrazone groups is 1. The van der Waals surface area contributed by atoms with Crippen LogP contribution in [0.15, 0.2) is 93.0 Å². The fourth-order valence-corrected chi connectivity index (χ4v) is 6.70. The molecule has 0 saturated carbocycles. The molecule has 0 unspecified atom stereocenters. The molecule has 2 aromatic carbocycles. The zero-order valence-corrected chi connectivity index (χ0v) is 26.8. The highest BCUT2D eigenvalue weighted by Gasteiger charge is 2.36. The maximum Gasteiger partial charge on any atom is 0.287 e. The van der Waals surface area contributed by atoms with Crippen LogP contribution in [0.5, 0.6) is 17.2 Å². The van der Waals surface area contributed by atoms with Crippen molar-refractivity contribution in [2.45, 2.75) is 24.2 Å². The Bertz CT molecular complexity index is 1850. The van der Waals surface area contributed by atoms with Gasteiger partial charge in [-0.05, 0) is 41.8 Å². The average Bonchev–Trinajstić information content (AvgIpc) is 3.92. The summed E-state index contributed by atoms with van der Waals surface area (Å²) in [6, 6.07) is 19.8. The molecule has 0 bridgehead atoms. The summed E-state index contributed by atoms with van der Waals surface area (Å²) in [6.45, 7) is 0.0530. The molecule has 6 rings (SSSR count). The van der Waals surface area contributed by atoms with Gasteiger partial charge in [0.2, 0.25) is 0 Å². The van der Waals surface area contributed by atoms with Gasteiger partial charge in [-0.25, -0.2) is 5.01 Å². The maximum atomic E-state index is 14.0. The van der Waals surface area contributed by atoms with Crippen LogP contribution in [0.3, 0.4) is 0 Å². The summed E-state index contributed by atoms with van der Waals surface area (Å²) in [6.07, 6.45) is 1.94. The van der Waals surface area contributed by atoms with Gasteiger partial charge in [0.25, 0.3) is 11.8 Å². The predicted molar refractivity (Wildman–Crippen MR) is 173 cm³/mol. The van der Waals surface area contributed by atoms with Gasteiger partial charge in [0.05, 0.1) is 62.2 Å². The van der Waals surface area contributed by atoms with Crippen molar-refractivity contribution in [2.75, 3.05) is 27.1 Å². The first-order chi connectivity index (χ1) is 22.5. The highest BCUT2D eigenvalue weighted by molar-refractivity contribution is 7.99. The van der Waals surface area contributed by atoms with Gasteiger partial charge in [-0.2, -0.15) is 5.10 Å². The number of furan rings is 1. The number of rotatable bonds is 12. The third-order valence-electron chi connectivity index (χ3n) is 7.27. The largest absolute Gasteiger partial charge is 0.495 e. The zero-order chi connectivity index (χ0) is 32.0. The lowest BCUT2D eigenvalue weighted by atomic mass is 9.99. The van der Waals surface area contributed by atoms with E-state index < -0.39 is 11.9 Å². The quantitative estimate of drug-likeness (QED) is 0.176. The van der Waals surface area contributed by atoms with E-state index in [9.17, 15) is 9.59 Å². The van der Waals surface area contributed by atoms with E-state index in [0.29, 0.717) is 40.3 Å². The molecule has 1 atom stereocenters. The maximum absolute atomic E-state index is 14.0. The monoisotopic (exact) mass is 658 g/mol. The van der Waals surface area contributed by atoms with Crippen LogP contribution in [0, 0.1) is 0 Å². The first kappa shape index (κ1) is 30.9. The molecule has 236 valence electrons. The van der Waals surface area contributed by atoms with Crippen molar-refractivity contribution in [2.24, 2.45) is 5.10 Å². The molecule has 2 amide bonds. The number of aromatic nitrogens is 3. The van der Waals surface area contributed by atoms with Crippen LogP contribution in [0.25, 0.3) is 5.69 Å². The van der Waals surface area contributed by atoms with E-state index in [1.807, 2.05) is 60.0 Å². The molecule has 14 heteroatoms. The van der Waals surface area contributed by atoms with Crippen molar-refractivity contribution < 1.29 is 28.2 Å². The van der Waals surface area contributed by atoms with Crippen LogP contribution in [0.2, 0.25) is 0 Å². The number of para-hydroxylation sites is 3. The molecule has 5 aromatic rings. The van der Waals surface area contributed by atoms with Gasteiger partial charge in [0.1, 0.15) is 5.75 Å². The third kappa shape index (κ3) is 6.21. The number of carbonyl (C=O) groups excluding carboxylic acids is 2. The summed E-state index contributed by atoms with van der Waals surface area (Å²) in [5.74, 6) is 1.71. The van der Waals surface area contributed by atoms with Gasteiger partial charge in [-0.15, -0.1) is 21.5 Å². The number of methoxy groups -OCH3 is 3. The summed E-state index contributed by atoms with van der Waals surface area (Å²) in [7, 11) is 4.73. The summed E-state index contributed by atoms with van der Waals surface area (Å²) in [5.41, 5.74) is 2.27. The molecule has 46 heavy (non-hydrogen) atoms. The Morgan fingerprint density at radius 2 is 1.80 bits per heavy atom.